The molecule has 162 valence electrons. The second kappa shape index (κ2) is 9.26. The number of aromatic hydroxyl groups is 1. The molecule has 32 heavy (non-hydrogen) atoms. The monoisotopic (exact) mass is 429 g/mol. The van der Waals surface area contributed by atoms with Crippen LogP contribution in [-0.4, -0.2) is 22.2 Å². The maximum Gasteiger partial charge on any atom is 0.221 e. The van der Waals surface area contributed by atoms with Crippen LogP contribution in [0.15, 0.2) is 72.8 Å². The number of phenols is 1. The van der Waals surface area contributed by atoms with Gasteiger partial charge < -0.3 is 25.1 Å². The molecule has 4 rings (SSSR count). The lowest BCUT2D eigenvalue weighted by Gasteiger charge is -2.15. The summed E-state index contributed by atoms with van der Waals surface area (Å²) in [6.45, 7) is 2.16. The number of benzene rings is 3. The number of nitrogen functional groups attached to an aromatic ring is 1. The third-order valence-corrected chi connectivity index (χ3v) is 4.79. The molecular weight excluding hydrogens is 406 g/mol. The highest BCUT2D eigenvalue weighted by atomic mass is 16.5. The first kappa shape index (κ1) is 21.0. The minimum Gasteiger partial charge on any atom is -0.507 e. The summed E-state index contributed by atoms with van der Waals surface area (Å²) < 4.78 is 17.1. The van der Waals surface area contributed by atoms with Gasteiger partial charge in [0.1, 0.15) is 35.3 Å². The number of anilines is 1. The van der Waals surface area contributed by atoms with Gasteiger partial charge in [-0.05, 0) is 36.8 Å². The number of aryl methyl sites for hydroxylation is 1. The first-order chi connectivity index (χ1) is 15.5. The number of hydrogen-bond acceptors (Lipinski definition) is 7. The fraction of sp³-hybridized carbons (Fsp3) is 0.120. The second-order valence-corrected chi connectivity index (χ2v) is 7.08. The van der Waals surface area contributed by atoms with Crippen LogP contribution in [0.2, 0.25) is 0 Å². The summed E-state index contributed by atoms with van der Waals surface area (Å²) in [5.41, 5.74) is 8.30. The Kier molecular flexibility index (Phi) is 6.07. The van der Waals surface area contributed by atoms with E-state index in [1.54, 1.807) is 44.4 Å². The Morgan fingerprint density at radius 3 is 2.41 bits per heavy atom. The van der Waals surface area contributed by atoms with E-state index in [2.05, 4.69) is 9.97 Å². The molecule has 3 N–H and O–H groups in total. The topological polar surface area (TPSA) is 99.7 Å². The second-order valence-electron chi connectivity index (χ2n) is 7.08. The molecule has 0 saturated heterocycles. The molecule has 0 unspecified atom stereocenters. The highest BCUT2D eigenvalue weighted by molar-refractivity contribution is 5.75. The van der Waals surface area contributed by atoms with Gasteiger partial charge in [-0.3, -0.25) is 0 Å². The fourth-order valence-corrected chi connectivity index (χ4v) is 3.21. The summed E-state index contributed by atoms with van der Waals surface area (Å²) in [6, 6.07) is 22.0. The zero-order chi connectivity index (χ0) is 22.5. The lowest BCUT2D eigenvalue weighted by molar-refractivity contribution is 0.304. The van der Waals surface area contributed by atoms with Crippen molar-refractivity contribution in [1.82, 2.24) is 9.97 Å². The van der Waals surface area contributed by atoms with E-state index in [-0.39, 0.29) is 11.7 Å². The van der Waals surface area contributed by atoms with Crippen LogP contribution in [-0.2, 0) is 6.61 Å². The number of nitrogens with two attached hydrogens (primary N) is 1. The molecule has 3 aromatic carbocycles. The summed E-state index contributed by atoms with van der Waals surface area (Å²) >= 11 is 0. The Bertz CT molecular complexity index is 1230. The van der Waals surface area contributed by atoms with E-state index in [4.69, 9.17) is 19.9 Å². The van der Waals surface area contributed by atoms with Crippen LogP contribution in [0, 0.1) is 6.92 Å². The minimum absolute atomic E-state index is 0.0106. The average Bonchev–Trinajstić information content (AvgIpc) is 2.80. The van der Waals surface area contributed by atoms with Crippen LogP contribution >= 0.6 is 0 Å². The van der Waals surface area contributed by atoms with E-state index in [0.29, 0.717) is 46.6 Å². The predicted molar refractivity (Wildman–Crippen MR) is 122 cm³/mol. The van der Waals surface area contributed by atoms with E-state index in [0.717, 1.165) is 5.56 Å². The summed E-state index contributed by atoms with van der Waals surface area (Å²) in [7, 11) is 1.58. The SMILES string of the molecule is COc1cccc(Oc2c(C)nc(N)nc2-c2ccc(OCc3ccccc3)cc2O)c1. The van der Waals surface area contributed by atoms with Gasteiger partial charge in [-0.2, -0.15) is 0 Å². The molecule has 0 aliphatic carbocycles. The van der Waals surface area contributed by atoms with Crippen molar-refractivity contribution in [2.24, 2.45) is 0 Å². The number of rotatable bonds is 7. The number of phenolic OH excluding ortho intramolecular Hbond substituents is 1. The number of aromatic nitrogens is 2. The van der Waals surface area contributed by atoms with Crippen molar-refractivity contribution in [2.75, 3.05) is 12.8 Å². The molecule has 0 spiro atoms. The molecule has 1 aromatic heterocycles. The highest BCUT2D eigenvalue weighted by Gasteiger charge is 2.19. The predicted octanol–water partition coefficient (Wildman–Crippen LogP) is 5.12. The average molecular weight is 429 g/mol. The van der Waals surface area contributed by atoms with Gasteiger partial charge in [-0.25, -0.2) is 9.97 Å². The normalized spacial score (nSPS) is 10.6. The maximum atomic E-state index is 10.7. The highest BCUT2D eigenvalue weighted by Crippen LogP contribution is 2.40. The van der Waals surface area contributed by atoms with Crippen molar-refractivity contribution < 1.29 is 19.3 Å². The number of hydrogen-bond donors (Lipinski definition) is 2. The third kappa shape index (κ3) is 4.73. The Hall–Kier alpha value is -4.26. The van der Waals surface area contributed by atoms with Gasteiger partial charge in [0.15, 0.2) is 5.75 Å². The van der Waals surface area contributed by atoms with E-state index in [1.165, 1.54) is 0 Å². The summed E-state index contributed by atoms with van der Waals surface area (Å²) in [5, 5.41) is 10.7. The Labute approximate surface area is 186 Å². The van der Waals surface area contributed by atoms with Crippen LogP contribution in [0.4, 0.5) is 5.95 Å². The van der Waals surface area contributed by atoms with Gasteiger partial charge in [0.2, 0.25) is 5.95 Å². The molecule has 0 aliphatic rings. The van der Waals surface area contributed by atoms with Crippen LogP contribution < -0.4 is 19.9 Å². The number of ether oxygens (including phenoxy) is 3. The fourth-order valence-electron chi connectivity index (χ4n) is 3.21. The van der Waals surface area contributed by atoms with Gasteiger partial charge in [0.05, 0.1) is 12.8 Å². The molecule has 0 fully saturated rings. The molecule has 7 heteroatoms. The van der Waals surface area contributed by atoms with Crippen LogP contribution in [0.5, 0.6) is 28.7 Å². The largest absolute Gasteiger partial charge is 0.507 e. The lowest BCUT2D eigenvalue weighted by atomic mass is 10.1. The molecule has 4 aromatic rings. The van der Waals surface area contributed by atoms with Crippen LogP contribution in [0.25, 0.3) is 11.3 Å². The van der Waals surface area contributed by atoms with E-state index in [1.807, 2.05) is 42.5 Å². The standard InChI is InChI=1S/C25H23N3O4/c1-16-24(32-20-10-6-9-18(13-20)30-2)23(28-25(26)27-16)21-12-11-19(14-22(21)29)31-15-17-7-4-3-5-8-17/h3-14,29H,15H2,1-2H3,(H2,26,27,28). The van der Waals surface area contributed by atoms with Gasteiger partial charge in [-0.1, -0.05) is 36.4 Å². The molecule has 1 heterocycles. The van der Waals surface area contributed by atoms with E-state index < -0.39 is 0 Å². The maximum absolute atomic E-state index is 10.7. The molecule has 0 radical (unpaired) electrons. The zero-order valence-electron chi connectivity index (χ0n) is 17.8. The van der Waals surface area contributed by atoms with Gasteiger partial charge in [0, 0.05) is 17.7 Å². The van der Waals surface area contributed by atoms with Gasteiger partial charge >= 0.3 is 0 Å². The van der Waals surface area contributed by atoms with Crippen molar-refractivity contribution in [3.05, 3.63) is 84.1 Å². The number of nitrogens with zero attached hydrogens (tertiary/aromatic N) is 2. The molecule has 0 aliphatic heterocycles. The first-order valence-electron chi connectivity index (χ1n) is 9.99. The molecule has 0 bridgehead atoms. The van der Waals surface area contributed by atoms with Crippen molar-refractivity contribution >= 4 is 5.95 Å². The summed E-state index contributed by atoms with van der Waals surface area (Å²) in [4.78, 5) is 8.55. The molecular formula is C25H23N3O4. The van der Waals surface area contributed by atoms with Crippen LogP contribution in [0.3, 0.4) is 0 Å². The Balaban J connectivity index is 1.65. The molecule has 0 saturated carbocycles. The van der Waals surface area contributed by atoms with Crippen molar-refractivity contribution in [1.29, 1.82) is 0 Å². The van der Waals surface area contributed by atoms with E-state index >= 15 is 0 Å². The Morgan fingerprint density at radius 1 is 0.875 bits per heavy atom. The molecule has 0 atom stereocenters. The molecule has 0 amide bonds. The summed E-state index contributed by atoms with van der Waals surface area (Å²) in [6.07, 6.45) is 0. The zero-order valence-corrected chi connectivity index (χ0v) is 17.8. The third-order valence-electron chi connectivity index (χ3n) is 4.79. The van der Waals surface area contributed by atoms with Gasteiger partial charge in [-0.15, -0.1) is 0 Å². The van der Waals surface area contributed by atoms with Crippen molar-refractivity contribution in [2.45, 2.75) is 13.5 Å². The van der Waals surface area contributed by atoms with Crippen LogP contribution in [0.1, 0.15) is 11.3 Å². The van der Waals surface area contributed by atoms with E-state index in [9.17, 15) is 5.11 Å². The minimum atomic E-state index is -0.0106. The quantitative estimate of drug-likeness (QED) is 0.421. The van der Waals surface area contributed by atoms with Crippen molar-refractivity contribution in [3.63, 3.8) is 0 Å². The van der Waals surface area contributed by atoms with Gasteiger partial charge in [0.25, 0.3) is 0 Å². The number of methoxy groups -OCH3 is 1. The smallest absolute Gasteiger partial charge is 0.221 e. The lowest BCUT2D eigenvalue weighted by Crippen LogP contribution is -2.03. The first-order valence-corrected chi connectivity index (χ1v) is 9.99. The summed E-state index contributed by atoms with van der Waals surface area (Å²) in [5.74, 6) is 2.19. The Morgan fingerprint density at radius 2 is 1.66 bits per heavy atom. The molecule has 7 nitrogen and oxygen atoms in total. The van der Waals surface area contributed by atoms with Crippen molar-refractivity contribution in [3.8, 4) is 40.0 Å².